The molecular weight excluding hydrogens is 296 g/mol. The van der Waals surface area contributed by atoms with Crippen LogP contribution in [0.5, 0.6) is 0 Å². The van der Waals surface area contributed by atoms with Crippen LogP contribution in [-0.2, 0) is 0 Å². The maximum absolute atomic E-state index is 12.7. The number of piperidine rings is 1. The molecule has 4 rings (SSSR count). The van der Waals surface area contributed by atoms with Gasteiger partial charge in [-0.2, -0.15) is 0 Å². The smallest absolute Gasteiger partial charge is 0.254 e. The predicted molar refractivity (Wildman–Crippen MR) is 97.4 cm³/mol. The molecule has 1 amide bonds. The van der Waals surface area contributed by atoms with Gasteiger partial charge < -0.3 is 9.88 Å². The molecule has 0 bridgehead atoms. The Kier molecular flexibility index (Phi) is 3.85. The van der Waals surface area contributed by atoms with E-state index in [0.717, 1.165) is 37.1 Å². The van der Waals surface area contributed by atoms with Gasteiger partial charge in [0.1, 0.15) is 0 Å². The van der Waals surface area contributed by atoms with Gasteiger partial charge in [-0.05, 0) is 48.9 Å². The Morgan fingerprint density at radius 1 is 1.04 bits per heavy atom. The Morgan fingerprint density at radius 3 is 2.50 bits per heavy atom. The Balaban J connectivity index is 1.47. The number of benzene rings is 2. The van der Waals surface area contributed by atoms with Crippen molar-refractivity contribution in [3.05, 3.63) is 71.4 Å². The van der Waals surface area contributed by atoms with Gasteiger partial charge in [0, 0.05) is 35.8 Å². The molecule has 3 nitrogen and oxygen atoms in total. The average molecular weight is 318 g/mol. The molecule has 1 aliphatic rings. The number of hydrogen-bond acceptors (Lipinski definition) is 1. The fourth-order valence-corrected chi connectivity index (χ4v) is 3.69. The van der Waals surface area contributed by atoms with Crippen LogP contribution in [0.15, 0.2) is 54.6 Å². The van der Waals surface area contributed by atoms with Crippen LogP contribution < -0.4 is 0 Å². The topological polar surface area (TPSA) is 36.1 Å². The molecule has 0 radical (unpaired) electrons. The summed E-state index contributed by atoms with van der Waals surface area (Å²) in [6.07, 6.45) is 2.04. The number of H-pyrrole nitrogens is 1. The van der Waals surface area contributed by atoms with Gasteiger partial charge in [-0.25, -0.2) is 0 Å². The van der Waals surface area contributed by atoms with Crippen molar-refractivity contribution in [3.63, 3.8) is 0 Å². The van der Waals surface area contributed by atoms with Gasteiger partial charge in [-0.3, -0.25) is 4.79 Å². The molecular formula is C21H22N2O. The van der Waals surface area contributed by atoms with Crippen LogP contribution in [0.1, 0.15) is 40.4 Å². The van der Waals surface area contributed by atoms with Gasteiger partial charge in [0.25, 0.3) is 5.91 Å². The first kappa shape index (κ1) is 15.0. The van der Waals surface area contributed by atoms with E-state index >= 15 is 0 Å². The molecule has 122 valence electrons. The first-order valence-electron chi connectivity index (χ1n) is 8.65. The number of nitrogens with zero attached hydrogens (tertiary/aromatic N) is 1. The van der Waals surface area contributed by atoms with E-state index < -0.39 is 0 Å². The Hall–Kier alpha value is -2.55. The summed E-state index contributed by atoms with van der Waals surface area (Å²) in [4.78, 5) is 18.3. The Bertz CT molecular complexity index is 839. The van der Waals surface area contributed by atoms with E-state index in [9.17, 15) is 4.79 Å². The highest BCUT2D eigenvalue weighted by Gasteiger charge is 2.26. The third-order valence-corrected chi connectivity index (χ3v) is 5.15. The zero-order valence-electron chi connectivity index (χ0n) is 14.0. The first-order valence-corrected chi connectivity index (χ1v) is 8.65. The lowest BCUT2D eigenvalue weighted by molar-refractivity contribution is 0.0711. The highest BCUT2D eigenvalue weighted by atomic mass is 16.2. The average Bonchev–Trinajstić information content (AvgIpc) is 3.06. The number of aromatic nitrogens is 1. The molecule has 1 N–H and O–H groups in total. The quantitative estimate of drug-likeness (QED) is 0.742. The summed E-state index contributed by atoms with van der Waals surface area (Å²) in [7, 11) is 0. The zero-order chi connectivity index (χ0) is 16.5. The molecule has 0 atom stereocenters. The second kappa shape index (κ2) is 6.16. The molecule has 2 heterocycles. The van der Waals surface area contributed by atoms with Crippen LogP contribution >= 0.6 is 0 Å². The highest BCUT2D eigenvalue weighted by Crippen LogP contribution is 2.30. The number of hydrogen-bond donors (Lipinski definition) is 1. The van der Waals surface area contributed by atoms with E-state index in [1.807, 2.05) is 36.1 Å². The molecule has 24 heavy (non-hydrogen) atoms. The van der Waals surface area contributed by atoms with Crippen molar-refractivity contribution in [2.24, 2.45) is 0 Å². The lowest BCUT2D eigenvalue weighted by Crippen LogP contribution is -2.38. The minimum Gasteiger partial charge on any atom is -0.358 e. The maximum atomic E-state index is 12.7. The van der Waals surface area contributed by atoms with Crippen molar-refractivity contribution in [2.45, 2.75) is 25.7 Å². The molecule has 1 fully saturated rings. The van der Waals surface area contributed by atoms with Crippen LogP contribution in [0, 0.1) is 6.92 Å². The number of fused-ring (bicyclic) bond motifs is 1. The molecule has 0 aliphatic carbocycles. The van der Waals surface area contributed by atoms with Crippen LogP contribution in [0.2, 0.25) is 0 Å². The monoisotopic (exact) mass is 318 g/mol. The van der Waals surface area contributed by atoms with Crippen molar-refractivity contribution in [1.29, 1.82) is 0 Å². The van der Waals surface area contributed by atoms with Crippen LogP contribution in [0.4, 0.5) is 0 Å². The number of aromatic amines is 1. The SMILES string of the molecule is Cc1ccccc1C(=O)N1CCC(c2cc3ccccc3[nH]2)CC1. The summed E-state index contributed by atoms with van der Waals surface area (Å²) >= 11 is 0. The number of amides is 1. The third kappa shape index (κ3) is 2.71. The third-order valence-electron chi connectivity index (χ3n) is 5.15. The first-order chi connectivity index (χ1) is 11.7. The second-order valence-corrected chi connectivity index (χ2v) is 6.69. The van der Waals surface area contributed by atoms with E-state index in [-0.39, 0.29) is 5.91 Å². The van der Waals surface area contributed by atoms with E-state index in [4.69, 9.17) is 0 Å². The molecule has 3 aromatic rings. The molecule has 3 heteroatoms. The fourth-order valence-electron chi connectivity index (χ4n) is 3.69. The van der Waals surface area contributed by atoms with Crippen LogP contribution in [0.3, 0.4) is 0 Å². The van der Waals surface area contributed by atoms with Crippen molar-refractivity contribution in [2.75, 3.05) is 13.1 Å². The molecule has 1 aliphatic heterocycles. The lowest BCUT2D eigenvalue weighted by atomic mass is 9.93. The molecule has 2 aromatic carbocycles. The summed E-state index contributed by atoms with van der Waals surface area (Å²) in [6, 6.07) is 18.5. The van der Waals surface area contributed by atoms with Gasteiger partial charge in [-0.1, -0.05) is 36.4 Å². The molecule has 1 aromatic heterocycles. The molecule has 0 saturated carbocycles. The Labute approximate surface area is 142 Å². The standard InChI is InChI=1S/C21H22N2O/c1-15-6-2-4-8-18(15)21(24)23-12-10-16(11-13-23)20-14-17-7-3-5-9-19(17)22-20/h2-9,14,16,22H,10-13H2,1H3. The predicted octanol–water partition coefficient (Wildman–Crippen LogP) is 4.50. The molecule has 1 saturated heterocycles. The minimum absolute atomic E-state index is 0.170. The largest absolute Gasteiger partial charge is 0.358 e. The van der Waals surface area contributed by atoms with Crippen molar-refractivity contribution in [1.82, 2.24) is 9.88 Å². The minimum atomic E-state index is 0.170. The van der Waals surface area contributed by atoms with E-state index in [1.54, 1.807) is 0 Å². The highest BCUT2D eigenvalue weighted by molar-refractivity contribution is 5.95. The van der Waals surface area contributed by atoms with Crippen LogP contribution in [0.25, 0.3) is 10.9 Å². The number of likely N-dealkylation sites (tertiary alicyclic amines) is 1. The second-order valence-electron chi connectivity index (χ2n) is 6.69. The number of para-hydroxylation sites is 1. The number of nitrogens with one attached hydrogen (secondary N) is 1. The number of carbonyl (C=O) groups is 1. The molecule has 0 unspecified atom stereocenters. The van der Waals surface area contributed by atoms with E-state index in [1.165, 1.54) is 16.6 Å². The van der Waals surface area contributed by atoms with E-state index in [2.05, 4.69) is 35.3 Å². The lowest BCUT2D eigenvalue weighted by Gasteiger charge is -2.32. The molecule has 0 spiro atoms. The summed E-state index contributed by atoms with van der Waals surface area (Å²) in [6.45, 7) is 3.66. The van der Waals surface area contributed by atoms with Gasteiger partial charge >= 0.3 is 0 Å². The van der Waals surface area contributed by atoms with Gasteiger partial charge in [-0.15, -0.1) is 0 Å². The van der Waals surface area contributed by atoms with Crippen molar-refractivity contribution >= 4 is 16.8 Å². The van der Waals surface area contributed by atoms with Gasteiger partial charge in [0.05, 0.1) is 0 Å². The summed E-state index contributed by atoms with van der Waals surface area (Å²) in [5.74, 6) is 0.682. The normalized spacial score (nSPS) is 15.8. The zero-order valence-corrected chi connectivity index (χ0v) is 14.0. The number of rotatable bonds is 2. The van der Waals surface area contributed by atoms with Crippen molar-refractivity contribution in [3.8, 4) is 0 Å². The maximum Gasteiger partial charge on any atom is 0.254 e. The van der Waals surface area contributed by atoms with Crippen LogP contribution in [-0.4, -0.2) is 28.9 Å². The number of carbonyl (C=O) groups excluding carboxylic acids is 1. The van der Waals surface area contributed by atoms with Gasteiger partial charge in [0.15, 0.2) is 0 Å². The van der Waals surface area contributed by atoms with Crippen molar-refractivity contribution < 1.29 is 4.79 Å². The number of aryl methyl sites for hydroxylation is 1. The van der Waals surface area contributed by atoms with E-state index in [0.29, 0.717) is 5.92 Å². The Morgan fingerprint density at radius 2 is 1.75 bits per heavy atom. The summed E-state index contributed by atoms with van der Waals surface area (Å²) in [5.41, 5.74) is 4.40. The van der Waals surface area contributed by atoms with Gasteiger partial charge in [0.2, 0.25) is 0 Å². The fraction of sp³-hybridized carbons (Fsp3) is 0.286. The summed E-state index contributed by atoms with van der Waals surface area (Å²) < 4.78 is 0. The summed E-state index contributed by atoms with van der Waals surface area (Å²) in [5, 5.41) is 1.27.